The average Bonchev–Trinajstić information content (AvgIpc) is 2.34. The van der Waals surface area contributed by atoms with Gasteiger partial charge in [-0.15, -0.1) is 0 Å². The lowest BCUT2D eigenvalue weighted by Gasteiger charge is -2.12. The molecule has 0 bridgehead atoms. The second-order valence-corrected chi connectivity index (χ2v) is 2.10. The summed E-state index contributed by atoms with van der Waals surface area (Å²) < 4.78 is 0. The first-order valence-corrected chi connectivity index (χ1v) is 3.38. The summed E-state index contributed by atoms with van der Waals surface area (Å²) in [4.78, 5) is 6.25. The van der Waals surface area contributed by atoms with Crippen LogP contribution in [0.4, 0.5) is 0 Å². The zero-order valence-corrected chi connectivity index (χ0v) is 5.80. The highest BCUT2D eigenvalue weighted by Gasteiger charge is 2.01. The molecule has 0 fully saturated rings. The summed E-state index contributed by atoms with van der Waals surface area (Å²) in [5, 5.41) is 3.22. The Hall–Kier alpha value is -0.570. The molecule has 0 aliphatic carbocycles. The SMILES string of the molecule is CCNCN1C=NCC1. The van der Waals surface area contributed by atoms with E-state index in [0.29, 0.717) is 0 Å². The van der Waals surface area contributed by atoms with E-state index in [1.165, 1.54) is 0 Å². The first kappa shape index (κ1) is 6.55. The zero-order chi connectivity index (χ0) is 6.53. The molecule has 1 heterocycles. The van der Waals surface area contributed by atoms with Crippen molar-refractivity contribution in [2.45, 2.75) is 6.92 Å². The average molecular weight is 127 g/mol. The molecule has 9 heavy (non-hydrogen) atoms. The van der Waals surface area contributed by atoms with Crippen molar-refractivity contribution in [2.75, 3.05) is 26.3 Å². The van der Waals surface area contributed by atoms with E-state index in [4.69, 9.17) is 0 Å². The third-order valence-electron chi connectivity index (χ3n) is 1.33. The highest BCUT2D eigenvalue weighted by atomic mass is 15.3. The highest BCUT2D eigenvalue weighted by molar-refractivity contribution is 5.56. The van der Waals surface area contributed by atoms with Gasteiger partial charge >= 0.3 is 0 Å². The van der Waals surface area contributed by atoms with Crippen LogP contribution in [0.1, 0.15) is 6.92 Å². The van der Waals surface area contributed by atoms with Gasteiger partial charge < -0.3 is 10.2 Å². The van der Waals surface area contributed by atoms with Gasteiger partial charge in [0.25, 0.3) is 0 Å². The van der Waals surface area contributed by atoms with Gasteiger partial charge in [-0.25, -0.2) is 0 Å². The summed E-state index contributed by atoms with van der Waals surface area (Å²) in [5.41, 5.74) is 0. The molecule has 0 saturated heterocycles. The minimum atomic E-state index is 0.944. The maximum absolute atomic E-state index is 4.08. The zero-order valence-electron chi connectivity index (χ0n) is 5.80. The minimum absolute atomic E-state index is 0.944. The van der Waals surface area contributed by atoms with Crippen molar-refractivity contribution in [3.63, 3.8) is 0 Å². The van der Waals surface area contributed by atoms with Crippen LogP contribution in [0, 0.1) is 0 Å². The van der Waals surface area contributed by atoms with Crippen molar-refractivity contribution in [3.8, 4) is 0 Å². The molecule has 0 aromatic heterocycles. The van der Waals surface area contributed by atoms with E-state index in [2.05, 4.69) is 22.1 Å². The first-order valence-electron chi connectivity index (χ1n) is 3.38. The van der Waals surface area contributed by atoms with Crippen LogP contribution in [0.5, 0.6) is 0 Å². The molecule has 0 saturated carbocycles. The second-order valence-electron chi connectivity index (χ2n) is 2.10. The van der Waals surface area contributed by atoms with E-state index in [0.717, 1.165) is 26.3 Å². The Balaban J connectivity index is 2.05. The largest absolute Gasteiger partial charge is 0.348 e. The molecule has 1 aliphatic heterocycles. The number of aliphatic imine (C=N–C) groups is 1. The van der Waals surface area contributed by atoms with Crippen molar-refractivity contribution in [1.29, 1.82) is 0 Å². The maximum Gasteiger partial charge on any atom is 0.0861 e. The van der Waals surface area contributed by atoms with Gasteiger partial charge in [0.05, 0.1) is 19.6 Å². The molecule has 0 radical (unpaired) electrons. The van der Waals surface area contributed by atoms with E-state index in [1.807, 2.05) is 6.34 Å². The topological polar surface area (TPSA) is 27.6 Å². The molecule has 52 valence electrons. The second kappa shape index (κ2) is 3.45. The number of hydrogen-bond donors (Lipinski definition) is 1. The van der Waals surface area contributed by atoms with Crippen molar-refractivity contribution < 1.29 is 0 Å². The molecule has 0 aromatic rings. The van der Waals surface area contributed by atoms with Crippen molar-refractivity contribution in [2.24, 2.45) is 4.99 Å². The predicted molar refractivity (Wildman–Crippen MR) is 38.6 cm³/mol. The molecule has 0 aromatic carbocycles. The molecule has 3 heteroatoms. The maximum atomic E-state index is 4.08. The van der Waals surface area contributed by atoms with Crippen LogP contribution in [-0.4, -0.2) is 37.5 Å². The van der Waals surface area contributed by atoms with Crippen molar-refractivity contribution in [1.82, 2.24) is 10.2 Å². The van der Waals surface area contributed by atoms with Crippen LogP contribution >= 0.6 is 0 Å². The Bertz CT molecular complexity index is 100. The van der Waals surface area contributed by atoms with E-state index in [9.17, 15) is 0 Å². The van der Waals surface area contributed by atoms with Gasteiger partial charge in [-0.3, -0.25) is 4.99 Å². The fraction of sp³-hybridized carbons (Fsp3) is 0.833. The van der Waals surface area contributed by atoms with E-state index in [-0.39, 0.29) is 0 Å². The first-order chi connectivity index (χ1) is 4.43. The van der Waals surface area contributed by atoms with Crippen LogP contribution < -0.4 is 5.32 Å². The fourth-order valence-electron chi connectivity index (χ4n) is 0.792. The molecule has 1 rings (SSSR count). The Morgan fingerprint density at radius 3 is 3.22 bits per heavy atom. The summed E-state index contributed by atoms with van der Waals surface area (Å²) in [7, 11) is 0. The monoisotopic (exact) mass is 127 g/mol. The number of nitrogens with zero attached hydrogens (tertiary/aromatic N) is 2. The summed E-state index contributed by atoms with van der Waals surface area (Å²) in [6.07, 6.45) is 1.91. The number of nitrogens with one attached hydrogen (secondary N) is 1. The molecule has 0 spiro atoms. The van der Waals surface area contributed by atoms with Gasteiger partial charge in [0, 0.05) is 6.54 Å². The van der Waals surface area contributed by atoms with E-state index < -0.39 is 0 Å². The van der Waals surface area contributed by atoms with Crippen LogP contribution in [0.3, 0.4) is 0 Å². The molecular formula is C6H13N3. The Labute approximate surface area is 55.8 Å². The van der Waals surface area contributed by atoms with Gasteiger partial charge in [-0.2, -0.15) is 0 Å². The Morgan fingerprint density at radius 1 is 1.78 bits per heavy atom. The summed E-state index contributed by atoms with van der Waals surface area (Å²) >= 11 is 0. The highest BCUT2D eigenvalue weighted by Crippen LogP contribution is 1.88. The minimum Gasteiger partial charge on any atom is -0.348 e. The van der Waals surface area contributed by atoms with Crippen molar-refractivity contribution in [3.05, 3.63) is 0 Å². The fourth-order valence-corrected chi connectivity index (χ4v) is 0.792. The van der Waals surface area contributed by atoms with Gasteiger partial charge in [-0.1, -0.05) is 6.92 Å². The lowest BCUT2D eigenvalue weighted by atomic mass is 10.6. The molecule has 0 amide bonds. The quantitative estimate of drug-likeness (QED) is 0.573. The summed E-state index contributed by atoms with van der Waals surface area (Å²) in [5.74, 6) is 0. The lowest BCUT2D eigenvalue weighted by molar-refractivity contribution is 0.425. The van der Waals surface area contributed by atoms with Gasteiger partial charge in [0.1, 0.15) is 0 Å². The van der Waals surface area contributed by atoms with Gasteiger partial charge in [0.2, 0.25) is 0 Å². The normalized spacial score (nSPS) is 17.2. The molecule has 3 nitrogen and oxygen atoms in total. The third kappa shape index (κ3) is 2.01. The summed E-state index contributed by atoms with van der Waals surface area (Å²) in [6, 6.07) is 0. The molecule has 0 atom stereocenters. The Kier molecular flexibility index (Phi) is 2.51. The van der Waals surface area contributed by atoms with Crippen molar-refractivity contribution >= 4 is 6.34 Å². The van der Waals surface area contributed by atoms with Gasteiger partial charge in [-0.05, 0) is 6.54 Å². The number of rotatable bonds is 3. The van der Waals surface area contributed by atoms with Crippen LogP contribution in [0.15, 0.2) is 4.99 Å². The smallest absolute Gasteiger partial charge is 0.0861 e. The van der Waals surface area contributed by atoms with Crippen LogP contribution in [0.2, 0.25) is 0 Å². The third-order valence-corrected chi connectivity index (χ3v) is 1.33. The predicted octanol–water partition coefficient (Wildman–Crippen LogP) is -0.103. The molecular weight excluding hydrogens is 114 g/mol. The Morgan fingerprint density at radius 2 is 2.67 bits per heavy atom. The number of hydrogen-bond acceptors (Lipinski definition) is 3. The standard InChI is InChI=1S/C6H13N3/c1-2-7-5-9-4-3-8-6-9/h6-7H,2-5H2,1H3. The summed E-state index contributed by atoms with van der Waals surface area (Å²) in [6.45, 7) is 6.12. The molecule has 1 aliphatic rings. The van der Waals surface area contributed by atoms with Gasteiger partial charge in [0.15, 0.2) is 0 Å². The molecule has 0 unspecified atom stereocenters. The lowest BCUT2D eigenvalue weighted by Crippen LogP contribution is -2.31. The van der Waals surface area contributed by atoms with E-state index in [1.54, 1.807) is 0 Å². The molecule has 1 N–H and O–H groups in total. The van der Waals surface area contributed by atoms with Crippen LogP contribution in [0.25, 0.3) is 0 Å². The van der Waals surface area contributed by atoms with Crippen LogP contribution in [-0.2, 0) is 0 Å². The van der Waals surface area contributed by atoms with E-state index >= 15 is 0 Å².